The zero-order valence-corrected chi connectivity index (χ0v) is 14.4. The van der Waals surface area contributed by atoms with Crippen molar-refractivity contribution >= 4 is 5.91 Å². The molecule has 4 unspecified atom stereocenters. The minimum Gasteiger partial charge on any atom is -0.497 e. The van der Waals surface area contributed by atoms with Crippen LogP contribution in [0.4, 0.5) is 0 Å². The largest absolute Gasteiger partial charge is 0.497 e. The Kier molecular flexibility index (Phi) is 4.23. The van der Waals surface area contributed by atoms with Gasteiger partial charge in [0.2, 0.25) is 5.91 Å². The molecule has 1 aromatic carbocycles. The van der Waals surface area contributed by atoms with E-state index in [1.807, 2.05) is 41.3 Å². The van der Waals surface area contributed by atoms with E-state index in [0.717, 1.165) is 30.0 Å². The molecule has 0 spiro atoms. The molecule has 25 heavy (non-hydrogen) atoms. The monoisotopic (exact) mass is 341 g/mol. The van der Waals surface area contributed by atoms with Gasteiger partial charge in [-0.05, 0) is 36.2 Å². The number of rotatable bonds is 5. The highest BCUT2D eigenvalue weighted by atomic mass is 16.5. The van der Waals surface area contributed by atoms with Crippen LogP contribution in [0.1, 0.15) is 36.8 Å². The second-order valence-electron chi connectivity index (χ2n) is 6.59. The van der Waals surface area contributed by atoms with Gasteiger partial charge in [-0.1, -0.05) is 19.1 Å². The Labute approximate surface area is 147 Å². The number of amides is 1. The maximum absolute atomic E-state index is 12.9. The number of hydrazine groups is 1. The average molecular weight is 341 g/mol. The number of nitrogens with zero attached hydrogens (tertiary/aromatic N) is 1. The van der Waals surface area contributed by atoms with E-state index in [1.165, 1.54) is 0 Å². The average Bonchev–Trinajstić information content (AvgIpc) is 3.35. The number of carbonyl (C=O) groups is 1. The summed E-state index contributed by atoms with van der Waals surface area (Å²) in [4.78, 5) is 14.9. The van der Waals surface area contributed by atoms with Gasteiger partial charge in [0, 0.05) is 12.5 Å². The van der Waals surface area contributed by atoms with Crippen LogP contribution < -0.4 is 15.6 Å². The summed E-state index contributed by atoms with van der Waals surface area (Å²) >= 11 is 0. The van der Waals surface area contributed by atoms with Gasteiger partial charge >= 0.3 is 0 Å². The van der Waals surface area contributed by atoms with E-state index in [2.05, 4.69) is 17.8 Å². The lowest BCUT2D eigenvalue weighted by Crippen LogP contribution is -2.41. The number of carbonyl (C=O) groups excluding carboxylic acids is 1. The Morgan fingerprint density at radius 2 is 1.92 bits per heavy atom. The molecule has 4 atom stereocenters. The third-order valence-corrected chi connectivity index (χ3v) is 5.19. The minimum atomic E-state index is -0.242. The van der Waals surface area contributed by atoms with Crippen molar-refractivity contribution in [3.05, 3.63) is 54.0 Å². The van der Waals surface area contributed by atoms with Gasteiger partial charge in [0.15, 0.2) is 0 Å². The molecule has 3 heterocycles. The molecule has 1 amide bonds. The maximum atomic E-state index is 12.9. The van der Waals surface area contributed by atoms with Gasteiger partial charge in [-0.2, -0.15) is 0 Å². The number of hydrogen-bond acceptors (Lipinski definition) is 5. The summed E-state index contributed by atoms with van der Waals surface area (Å²) in [6, 6.07) is 11.6. The molecule has 1 aromatic heterocycles. The summed E-state index contributed by atoms with van der Waals surface area (Å²) in [6.45, 7) is 2.82. The first-order valence-corrected chi connectivity index (χ1v) is 8.73. The molecule has 0 radical (unpaired) electrons. The number of benzene rings is 1. The lowest BCUT2D eigenvalue weighted by atomic mass is 9.85. The Morgan fingerprint density at radius 1 is 1.16 bits per heavy atom. The molecule has 0 aliphatic carbocycles. The Hall–Kier alpha value is -2.31. The lowest BCUT2D eigenvalue weighted by Gasteiger charge is -2.29. The van der Waals surface area contributed by atoms with E-state index >= 15 is 0 Å². The Morgan fingerprint density at radius 3 is 2.56 bits per heavy atom. The van der Waals surface area contributed by atoms with Crippen molar-refractivity contribution < 1.29 is 13.9 Å². The van der Waals surface area contributed by atoms with Gasteiger partial charge in [0.25, 0.3) is 0 Å². The second kappa shape index (κ2) is 6.54. The van der Waals surface area contributed by atoms with Crippen LogP contribution >= 0.6 is 0 Å². The van der Waals surface area contributed by atoms with Gasteiger partial charge in [-0.25, -0.2) is 10.9 Å². The molecule has 6 heteroatoms. The van der Waals surface area contributed by atoms with Gasteiger partial charge in [-0.15, -0.1) is 0 Å². The van der Waals surface area contributed by atoms with Crippen molar-refractivity contribution in [1.82, 2.24) is 15.8 Å². The molecule has 0 saturated carbocycles. The smallest absolute Gasteiger partial charge is 0.242 e. The Bertz CT molecular complexity index is 729. The van der Waals surface area contributed by atoms with Crippen LogP contribution in [0.25, 0.3) is 0 Å². The van der Waals surface area contributed by atoms with E-state index in [9.17, 15) is 4.79 Å². The quantitative estimate of drug-likeness (QED) is 0.874. The van der Waals surface area contributed by atoms with Crippen molar-refractivity contribution in [2.45, 2.75) is 31.5 Å². The van der Waals surface area contributed by atoms with Crippen LogP contribution in [0.15, 0.2) is 47.1 Å². The maximum Gasteiger partial charge on any atom is 0.242 e. The zero-order valence-electron chi connectivity index (χ0n) is 14.4. The highest BCUT2D eigenvalue weighted by Crippen LogP contribution is 2.47. The van der Waals surface area contributed by atoms with Crippen molar-refractivity contribution in [3.63, 3.8) is 0 Å². The normalized spacial score (nSPS) is 28.4. The van der Waals surface area contributed by atoms with E-state index in [4.69, 9.17) is 9.15 Å². The molecular formula is C19H23N3O3. The predicted octanol–water partition coefficient (Wildman–Crippen LogP) is 2.42. The number of hydrogen-bond donors (Lipinski definition) is 2. The minimum absolute atomic E-state index is 0.0248. The van der Waals surface area contributed by atoms with Gasteiger partial charge in [-0.3, -0.25) is 4.79 Å². The van der Waals surface area contributed by atoms with Crippen LogP contribution in [-0.2, 0) is 4.79 Å². The predicted molar refractivity (Wildman–Crippen MR) is 92.7 cm³/mol. The first-order chi connectivity index (χ1) is 12.2. The van der Waals surface area contributed by atoms with E-state index in [1.54, 1.807) is 13.4 Å². The highest BCUT2D eigenvalue weighted by Gasteiger charge is 2.56. The molecule has 0 bridgehead atoms. The van der Waals surface area contributed by atoms with Crippen LogP contribution in [0, 0.1) is 5.92 Å². The number of nitrogens with one attached hydrogen (secondary N) is 2. The van der Waals surface area contributed by atoms with E-state index in [0.29, 0.717) is 0 Å². The summed E-state index contributed by atoms with van der Waals surface area (Å²) in [5.41, 5.74) is 7.66. The topological polar surface area (TPSA) is 66.7 Å². The van der Waals surface area contributed by atoms with Gasteiger partial charge in [0.05, 0.1) is 25.5 Å². The van der Waals surface area contributed by atoms with Crippen molar-refractivity contribution in [2.24, 2.45) is 5.92 Å². The number of furan rings is 1. The van der Waals surface area contributed by atoms with Crippen LogP contribution in [0.2, 0.25) is 0 Å². The molecule has 2 N–H and O–H groups in total. The molecule has 132 valence electrons. The summed E-state index contributed by atoms with van der Waals surface area (Å²) in [6.07, 6.45) is 2.60. The van der Waals surface area contributed by atoms with E-state index < -0.39 is 0 Å². The summed E-state index contributed by atoms with van der Waals surface area (Å²) < 4.78 is 11.0. The number of ether oxygens (including phenoxy) is 1. The molecule has 2 aliphatic heterocycles. The molecule has 6 nitrogen and oxygen atoms in total. The van der Waals surface area contributed by atoms with Crippen LogP contribution in [0.3, 0.4) is 0 Å². The second-order valence-corrected chi connectivity index (χ2v) is 6.59. The van der Waals surface area contributed by atoms with Crippen LogP contribution in [0.5, 0.6) is 5.75 Å². The molecule has 4 rings (SSSR count). The third-order valence-electron chi connectivity index (χ3n) is 5.19. The van der Waals surface area contributed by atoms with Crippen molar-refractivity contribution in [2.75, 3.05) is 13.7 Å². The first-order valence-electron chi connectivity index (χ1n) is 8.73. The fraction of sp³-hybridized carbons (Fsp3) is 0.421. The summed E-state index contributed by atoms with van der Waals surface area (Å²) in [7, 11) is 1.66. The first kappa shape index (κ1) is 16.2. The van der Waals surface area contributed by atoms with Crippen molar-refractivity contribution in [1.29, 1.82) is 0 Å². The number of methoxy groups -OCH3 is 1. The zero-order chi connectivity index (χ0) is 17.4. The summed E-state index contributed by atoms with van der Waals surface area (Å²) in [5.74, 6) is 1.87. The molecular weight excluding hydrogens is 318 g/mol. The summed E-state index contributed by atoms with van der Waals surface area (Å²) in [5, 5.41) is 0. The fourth-order valence-corrected chi connectivity index (χ4v) is 4.09. The molecule has 2 aromatic rings. The van der Waals surface area contributed by atoms with E-state index in [-0.39, 0.29) is 30.0 Å². The molecule has 2 saturated heterocycles. The SMILES string of the molecule is CCCN1C(=O)C2NNC(c3ccc(OC)cc3)C2C1c1ccco1. The standard InChI is InChI=1S/C19H23N3O3/c1-3-10-22-18(14-5-4-11-25-14)15-16(20-21-17(15)19(22)23)12-6-8-13(24-2)9-7-12/h4-9,11,15-18,20-21H,3,10H2,1-2H3. The number of fused-ring (bicyclic) bond motifs is 1. The van der Waals surface area contributed by atoms with Crippen LogP contribution in [-0.4, -0.2) is 30.5 Å². The number of likely N-dealkylation sites (tertiary alicyclic amines) is 1. The van der Waals surface area contributed by atoms with Gasteiger partial charge < -0.3 is 14.1 Å². The highest BCUT2D eigenvalue weighted by molar-refractivity contribution is 5.86. The van der Waals surface area contributed by atoms with Crippen molar-refractivity contribution in [3.8, 4) is 5.75 Å². The fourth-order valence-electron chi connectivity index (χ4n) is 4.09. The lowest BCUT2D eigenvalue weighted by molar-refractivity contribution is -0.131. The third kappa shape index (κ3) is 2.62. The molecule has 2 aliphatic rings. The Balaban J connectivity index is 1.70. The van der Waals surface area contributed by atoms with Gasteiger partial charge in [0.1, 0.15) is 17.6 Å². The molecule has 2 fully saturated rings.